The van der Waals surface area contributed by atoms with Crippen LogP contribution in [0.4, 0.5) is 0 Å². The van der Waals surface area contributed by atoms with Crippen molar-refractivity contribution in [3.8, 4) is 0 Å². The molecule has 12 heavy (non-hydrogen) atoms. The Balaban J connectivity index is 2.59. The van der Waals surface area contributed by atoms with E-state index in [0.29, 0.717) is 5.54 Å². The second-order valence-electron chi connectivity index (χ2n) is 4.63. The van der Waals surface area contributed by atoms with E-state index in [1.807, 2.05) is 0 Å². The van der Waals surface area contributed by atoms with Crippen LogP contribution in [0.5, 0.6) is 0 Å². The lowest BCUT2D eigenvalue weighted by atomic mass is 9.99. The molecule has 0 aromatic rings. The molecule has 0 bridgehead atoms. The minimum absolute atomic E-state index is 0.336. The average Bonchev–Trinajstić information content (AvgIpc) is 2.03. The van der Waals surface area contributed by atoms with E-state index in [9.17, 15) is 0 Å². The van der Waals surface area contributed by atoms with Crippen LogP contribution in [0.25, 0.3) is 0 Å². The van der Waals surface area contributed by atoms with E-state index in [4.69, 9.17) is 0 Å². The van der Waals surface area contributed by atoms with Gasteiger partial charge in [0.2, 0.25) is 0 Å². The van der Waals surface area contributed by atoms with Crippen LogP contribution in [0.3, 0.4) is 0 Å². The Morgan fingerprint density at radius 1 is 1.42 bits per heavy atom. The van der Waals surface area contributed by atoms with Gasteiger partial charge in [-0.1, -0.05) is 6.92 Å². The first kappa shape index (κ1) is 10.0. The van der Waals surface area contributed by atoms with Crippen molar-refractivity contribution in [3.05, 3.63) is 0 Å². The van der Waals surface area contributed by atoms with Crippen LogP contribution in [-0.2, 0) is 0 Å². The Labute approximate surface area is 76.3 Å². The molecule has 0 unspecified atom stereocenters. The van der Waals surface area contributed by atoms with E-state index in [0.717, 1.165) is 19.1 Å². The third-order valence-electron chi connectivity index (χ3n) is 2.68. The van der Waals surface area contributed by atoms with E-state index in [1.54, 1.807) is 0 Å². The molecule has 1 atom stereocenters. The van der Waals surface area contributed by atoms with Crippen molar-refractivity contribution in [2.75, 3.05) is 19.6 Å². The zero-order valence-corrected chi connectivity index (χ0v) is 8.85. The second-order valence-corrected chi connectivity index (χ2v) is 4.63. The monoisotopic (exact) mass is 170 g/mol. The molecule has 0 aromatic carbocycles. The average molecular weight is 170 g/mol. The number of rotatable bonds is 1. The Hall–Kier alpha value is -0.0800. The van der Waals surface area contributed by atoms with Crippen molar-refractivity contribution in [1.29, 1.82) is 0 Å². The lowest BCUT2D eigenvalue weighted by molar-refractivity contribution is 0.0592. The molecule has 0 amide bonds. The van der Waals surface area contributed by atoms with E-state index < -0.39 is 0 Å². The number of nitrogens with one attached hydrogen (secondary N) is 1. The van der Waals surface area contributed by atoms with E-state index >= 15 is 0 Å². The molecule has 1 aliphatic rings. The maximum Gasteiger partial charge on any atom is 0.0223 e. The molecule has 1 aliphatic heterocycles. The van der Waals surface area contributed by atoms with Crippen LogP contribution in [0.1, 0.15) is 34.1 Å². The van der Waals surface area contributed by atoms with Crippen LogP contribution >= 0.6 is 0 Å². The van der Waals surface area contributed by atoms with Crippen molar-refractivity contribution in [1.82, 2.24) is 10.2 Å². The van der Waals surface area contributed by atoms with Gasteiger partial charge in [0.1, 0.15) is 0 Å². The highest BCUT2D eigenvalue weighted by atomic mass is 15.3. The fraction of sp³-hybridized carbons (Fsp3) is 1.00. The molecule has 1 fully saturated rings. The highest BCUT2D eigenvalue weighted by Crippen LogP contribution is 2.19. The van der Waals surface area contributed by atoms with Crippen LogP contribution in [0.15, 0.2) is 0 Å². The smallest absolute Gasteiger partial charge is 0.0223 e. The summed E-state index contributed by atoms with van der Waals surface area (Å²) < 4.78 is 0. The molecule has 0 aromatic heterocycles. The fourth-order valence-corrected chi connectivity index (χ4v) is 2.01. The fourth-order valence-electron chi connectivity index (χ4n) is 2.01. The summed E-state index contributed by atoms with van der Waals surface area (Å²) in [4.78, 5) is 2.61. The molecule has 1 heterocycles. The zero-order chi connectivity index (χ0) is 9.19. The molecule has 1 N–H and O–H groups in total. The van der Waals surface area contributed by atoms with Gasteiger partial charge in [0.25, 0.3) is 0 Å². The van der Waals surface area contributed by atoms with Gasteiger partial charge in [-0.3, -0.25) is 4.90 Å². The molecule has 72 valence electrons. The molecule has 0 spiro atoms. The van der Waals surface area contributed by atoms with Gasteiger partial charge in [0, 0.05) is 31.2 Å². The van der Waals surface area contributed by atoms with Crippen molar-refractivity contribution >= 4 is 0 Å². The van der Waals surface area contributed by atoms with Gasteiger partial charge < -0.3 is 5.32 Å². The minimum atomic E-state index is 0.336. The summed E-state index contributed by atoms with van der Waals surface area (Å²) in [5, 5.41) is 3.45. The molecular formula is C10H22N2. The lowest BCUT2D eigenvalue weighted by Crippen LogP contribution is -2.57. The maximum atomic E-state index is 3.45. The minimum Gasteiger partial charge on any atom is -0.314 e. The molecule has 1 saturated heterocycles. The molecule has 0 aliphatic carbocycles. The summed E-state index contributed by atoms with van der Waals surface area (Å²) in [5.41, 5.74) is 0.336. The number of nitrogens with zero attached hydrogens (tertiary/aromatic N) is 1. The Morgan fingerprint density at radius 3 is 2.50 bits per heavy atom. The largest absolute Gasteiger partial charge is 0.314 e. The Kier molecular flexibility index (Phi) is 3.13. The predicted octanol–water partition coefficient (Wildman–Crippen LogP) is 1.47. The van der Waals surface area contributed by atoms with E-state index in [2.05, 4.69) is 37.9 Å². The SMILES string of the molecule is CC[C@@H]1CNCCN1C(C)(C)C. The first-order chi connectivity index (χ1) is 5.55. The van der Waals surface area contributed by atoms with Crippen LogP contribution < -0.4 is 5.32 Å². The molecule has 2 heteroatoms. The van der Waals surface area contributed by atoms with Crippen molar-refractivity contribution in [2.45, 2.75) is 45.7 Å². The quantitative estimate of drug-likeness (QED) is 0.641. The molecule has 2 nitrogen and oxygen atoms in total. The Bertz CT molecular complexity index is 137. The van der Waals surface area contributed by atoms with Gasteiger partial charge >= 0.3 is 0 Å². The summed E-state index contributed by atoms with van der Waals surface area (Å²) in [6, 6.07) is 0.735. The zero-order valence-electron chi connectivity index (χ0n) is 8.85. The van der Waals surface area contributed by atoms with Crippen LogP contribution in [-0.4, -0.2) is 36.1 Å². The highest BCUT2D eigenvalue weighted by molar-refractivity contribution is 4.87. The standard InChI is InChI=1S/C10H22N2/c1-5-9-8-11-6-7-12(9)10(2,3)4/h9,11H,5-8H2,1-4H3/t9-/m1/s1. The van der Waals surface area contributed by atoms with E-state index in [1.165, 1.54) is 13.0 Å². The van der Waals surface area contributed by atoms with Gasteiger partial charge in [-0.05, 0) is 27.2 Å². The summed E-state index contributed by atoms with van der Waals surface area (Å²) >= 11 is 0. The summed E-state index contributed by atoms with van der Waals surface area (Å²) in [6.07, 6.45) is 1.25. The molecular weight excluding hydrogens is 148 g/mol. The third-order valence-corrected chi connectivity index (χ3v) is 2.68. The van der Waals surface area contributed by atoms with Gasteiger partial charge in [0.15, 0.2) is 0 Å². The van der Waals surface area contributed by atoms with E-state index in [-0.39, 0.29) is 0 Å². The first-order valence-corrected chi connectivity index (χ1v) is 5.03. The topological polar surface area (TPSA) is 15.3 Å². The number of hydrogen-bond acceptors (Lipinski definition) is 2. The van der Waals surface area contributed by atoms with Gasteiger partial charge in [0.05, 0.1) is 0 Å². The summed E-state index contributed by atoms with van der Waals surface area (Å²) in [7, 11) is 0. The van der Waals surface area contributed by atoms with Gasteiger partial charge in [-0.2, -0.15) is 0 Å². The molecule has 0 saturated carbocycles. The number of piperazine rings is 1. The van der Waals surface area contributed by atoms with Gasteiger partial charge in [-0.15, -0.1) is 0 Å². The Morgan fingerprint density at radius 2 is 2.08 bits per heavy atom. The summed E-state index contributed by atoms with van der Waals surface area (Å²) in [6.45, 7) is 12.7. The van der Waals surface area contributed by atoms with Crippen LogP contribution in [0.2, 0.25) is 0 Å². The van der Waals surface area contributed by atoms with Crippen molar-refractivity contribution in [2.24, 2.45) is 0 Å². The lowest BCUT2D eigenvalue weighted by Gasteiger charge is -2.44. The van der Waals surface area contributed by atoms with Crippen molar-refractivity contribution < 1.29 is 0 Å². The highest BCUT2D eigenvalue weighted by Gasteiger charge is 2.29. The maximum absolute atomic E-state index is 3.45. The molecule has 1 rings (SSSR count). The normalized spacial score (nSPS) is 27.5. The second kappa shape index (κ2) is 3.75. The number of hydrogen-bond donors (Lipinski definition) is 1. The molecule has 0 radical (unpaired) electrons. The predicted molar refractivity (Wildman–Crippen MR) is 53.4 cm³/mol. The van der Waals surface area contributed by atoms with Gasteiger partial charge in [-0.25, -0.2) is 0 Å². The summed E-state index contributed by atoms with van der Waals surface area (Å²) in [5.74, 6) is 0. The first-order valence-electron chi connectivity index (χ1n) is 5.03. The van der Waals surface area contributed by atoms with Crippen molar-refractivity contribution in [3.63, 3.8) is 0 Å². The third kappa shape index (κ3) is 2.20. The van der Waals surface area contributed by atoms with Crippen LogP contribution in [0, 0.1) is 0 Å².